The molecule has 0 saturated carbocycles. The SMILES string of the molecule is CN=C(NCCN1CCS(=O)(=O)CC1)N1CCC(OCCCOC)CC1.I. The van der Waals surface area contributed by atoms with Gasteiger partial charge in [-0.25, -0.2) is 8.42 Å². The van der Waals surface area contributed by atoms with Crippen LogP contribution in [0, 0.1) is 0 Å². The van der Waals surface area contributed by atoms with Crippen LogP contribution in [0.2, 0.25) is 0 Å². The van der Waals surface area contributed by atoms with Crippen LogP contribution in [0.4, 0.5) is 0 Å². The highest BCUT2D eigenvalue weighted by Gasteiger charge is 2.23. The molecule has 0 amide bonds. The molecule has 2 heterocycles. The number of piperidine rings is 1. The minimum atomic E-state index is -2.81. The first-order valence-corrected chi connectivity index (χ1v) is 11.3. The Bertz CT molecular complexity index is 525. The number of halogens is 1. The van der Waals surface area contributed by atoms with Gasteiger partial charge in [-0.2, -0.15) is 0 Å². The molecule has 0 aromatic carbocycles. The lowest BCUT2D eigenvalue weighted by Crippen LogP contribution is -2.49. The van der Waals surface area contributed by atoms with E-state index in [-0.39, 0.29) is 35.5 Å². The summed E-state index contributed by atoms with van der Waals surface area (Å²) in [7, 11) is 0.714. The molecule has 0 radical (unpaired) electrons. The van der Waals surface area contributed by atoms with Crippen LogP contribution in [0.1, 0.15) is 19.3 Å². The van der Waals surface area contributed by atoms with Crippen molar-refractivity contribution in [2.24, 2.45) is 4.99 Å². The molecule has 0 bridgehead atoms. The molecule has 2 saturated heterocycles. The fourth-order valence-corrected chi connectivity index (χ4v) is 4.60. The maximum Gasteiger partial charge on any atom is 0.193 e. The van der Waals surface area contributed by atoms with Crippen LogP contribution in [0.15, 0.2) is 4.99 Å². The average Bonchev–Trinajstić information content (AvgIpc) is 2.64. The van der Waals surface area contributed by atoms with Gasteiger partial charge in [-0.15, -0.1) is 24.0 Å². The van der Waals surface area contributed by atoms with E-state index in [1.807, 2.05) is 7.05 Å². The first-order valence-electron chi connectivity index (χ1n) is 9.53. The number of nitrogens with zero attached hydrogens (tertiary/aromatic N) is 3. The van der Waals surface area contributed by atoms with E-state index in [0.29, 0.717) is 19.2 Å². The van der Waals surface area contributed by atoms with Crippen molar-refractivity contribution in [3.8, 4) is 0 Å². The van der Waals surface area contributed by atoms with E-state index in [0.717, 1.165) is 64.6 Å². The van der Waals surface area contributed by atoms with Crippen LogP contribution in [0.25, 0.3) is 0 Å². The number of methoxy groups -OCH3 is 1. The molecule has 0 aromatic rings. The van der Waals surface area contributed by atoms with E-state index < -0.39 is 9.84 Å². The molecule has 0 atom stereocenters. The summed E-state index contributed by atoms with van der Waals surface area (Å²) in [6.45, 7) is 6.28. The van der Waals surface area contributed by atoms with Crippen molar-refractivity contribution < 1.29 is 17.9 Å². The van der Waals surface area contributed by atoms with Crippen molar-refractivity contribution in [3.05, 3.63) is 0 Å². The van der Waals surface area contributed by atoms with E-state index >= 15 is 0 Å². The van der Waals surface area contributed by atoms with Gasteiger partial charge in [0.1, 0.15) is 0 Å². The van der Waals surface area contributed by atoms with Crippen molar-refractivity contribution in [1.82, 2.24) is 15.1 Å². The summed E-state index contributed by atoms with van der Waals surface area (Å²) in [5, 5.41) is 3.41. The zero-order valence-corrected chi connectivity index (χ0v) is 19.7. The van der Waals surface area contributed by atoms with Gasteiger partial charge in [0.25, 0.3) is 0 Å². The summed E-state index contributed by atoms with van der Waals surface area (Å²) in [6.07, 6.45) is 3.30. The molecule has 10 heteroatoms. The zero-order valence-electron chi connectivity index (χ0n) is 16.6. The molecule has 2 rings (SSSR count). The second kappa shape index (κ2) is 13.1. The van der Waals surface area contributed by atoms with Crippen LogP contribution in [0.3, 0.4) is 0 Å². The number of nitrogens with one attached hydrogen (secondary N) is 1. The highest BCUT2D eigenvalue weighted by Crippen LogP contribution is 2.14. The molecule has 27 heavy (non-hydrogen) atoms. The van der Waals surface area contributed by atoms with Crippen LogP contribution in [0.5, 0.6) is 0 Å². The molecule has 8 nitrogen and oxygen atoms in total. The number of ether oxygens (including phenoxy) is 2. The fraction of sp³-hybridized carbons (Fsp3) is 0.941. The van der Waals surface area contributed by atoms with Gasteiger partial charge in [0.2, 0.25) is 0 Å². The Balaban J connectivity index is 0.00000364. The van der Waals surface area contributed by atoms with Gasteiger partial charge in [-0.1, -0.05) is 0 Å². The molecule has 0 aromatic heterocycles. The van der Waals surface area contributed by atoms with Crippen LogP contribution < -0.4 is 5.32 Å². The smallest absolute Gasteiger partial charge is 0.193 e. The quantitative estimate of drug-likeness (QED) is 0.216. The second-order valence-electron chi connectivity index (χ2n) is 6.87. The lowest BCUT2D eigenvalue weighted by atomic mass is 10.1. The predicted molar refractivity (Wildman–Crippen MR) is 119 cm³/mol. The highest BCUT2D eigenvalue weighted by atomic mass is 127. The Morgan fingerprint density at radius 1 is 1.15 bits per heavy atom. The van der Waals surface area contributed by atoms with Crippen molar-refractivity contribution in [1.29, 1.82) is 0 Å². The third-order valence-electron chi connectivity index (χ3n) is 4.95. The maximum absolute atomic E-state index is 11.5. The Kier molecular flexibility index (Phi) is 12.1. The molecule has 0 unspecified atom stereocenters. The lowest BCUT2D eigenvalue weighted by Gasteiger charge is -2.34. The van der Waals surface area contributed by atoms with Crippen molar-refractivity contribution >= 4 is 39.8 Å². The Labute approximate surface area is 181 Å². The number of sulfone groups is 1. The summed E-state index contributed by atoms with van der Waals surface area (Å²) in [6, 6.07) is 0. The molecular weight excluding hydrogens is 483 g/mol. The van der Waals surface area contributed by atoms with Gasteiger partial charge in [-0.05, 0) is 19.3 Å². The topological polar surface area (TPSA) is 83.5 Å². The Morgan fingerprint density at radius 2 is 1.81 bits per heavy atom. The average molecular weight is 518 g/mol. The van der Waals surface area contributed by atoms with Crippen molar-refractivity contribution in [2.75, 3.05) is 78.1 Å². The lowest BCUT2D eigenvalue weighted by molar-refractivity contribution is 0.00990. The van der Waals surface area contributed by atoms with Crippen LogP contribution in [-0.4, -0.2) is 108 Å². The van der Waals surface area contributed by atoms with E-state index in [4.69, 9.17) is 9.47 Å². The molecule has 0 aliphatic carbocycles. The predicted octanol–water partition coefficient (Wildman–Crippen LogP) is 0.428. The summed E-state index contributed by atoms with van der Waals surface area (Å²) in [5.41, 5.74) is 0. The molecule has 2 aliphatic rings. The molecule has 1 N–H and O–H groups in total. The van der Waals surface area contributed by atoms with Gasteiger partial charge in [-0.3, -0.25) is 9.89 Å². The minimum Gasteiger partial charge on any atom is -0.385 e. The maximum atomic E-state index is 11.5. The van der Waals surface area contributed by atoms with Crippen LogP contribution in [-0.2, 0) is 19.3 Å². The number of hydrogen-bond donors (Lipinski definition) is 1. The number of likely N-dealkylation sites (tertiary alicyclic amines) is 1. The molecule has 2 aliphatic heterocycles. The van der Waals surface area contributed by atoms with E-state index in [2.05, 4.69) is 20.1 Å². The van der Waals surface area contributed by atoms with Gasteiger partial charge in [0, 0.05) is 66.6 Å². The normalized spacial score (nSPS) is 21.7. The van der Waals surface area contributed by atoms with E-state index in [9.17, 15) is 8.42 Å². The third-order valence-corrected chi connectivity index (χ3v) is 6.56. The summed E-state index contributed by atoms with van der Waals surface area (Å²) in [5.74, 6) is 1.48. The van der Waals surface area contributed by atoms with Gasteiger partial charge < -0.3 is 19.7 Å². The largest absolute Gasteiger partial charge is 0.385 e. The van der Waals surface area contributed by atoms with Crippen LogP contribution >= 0.6 is 24.0 Å². The molecule has 0 spiro atoms. The minimum absolute atomic E-state index is 0. The van der Waals surface area contributed by atoms with E-state index in [1.165, 1.54) is 0 Å². The standard InChI is InChI=1S/C17H34N4O4S.HI/c1-18-17(19-6-9-20-10-14-26(22,23)15-11-20)21-7-4-16(5-8-21)25-13-3-12-24-2;/h16H,3-15H2,1-2H3,(H,18,19);1H. The highest BCUT2D eigenvalue weighted by molar-refractivity contribution is 14.0. The first kappa shape index (κ1) is 24.9. The van der Waals surface area contributed by atoms with Gasteiger partial charge in [0.15, 0.2) is 15.8 Å². The molecular formula is C17H35IN4O4S. The molecule has 160 valence electrons. The zero-order chi connectivity index (χ0) is 18.8. The molecule has 2 fully saturated rings. The number of guanidine groups is 1. The number of rotatable bonds is 8. The number of aliphatic imine (C=N–C) groups is 1. The Morgan fingerprint density at radius 3 is 2.41 bits per heavy atom. The third kappa shape index (κ3) is 9.25. The fourth-order valence-electron chi connectivity index (χ4n) is 3.32. The monoisotopic (exact) mass is 518 g/mol. The van der Waals surface area contributed by atoms with Crippen molar-refractivity contribution in [2.45, 2.75) is 25.4 Å². The first-order chi connectivity index (χ1) is 12.5. The summed E-state index contributed by atoms with van der Waals surface area (Å²) in [4.78, 5) is 8.86. The van der Waals surface area contributed by atoms with Gasteiger partial charge in [0.05, 0.1) is 17.6 Å². The summed E-state index contributed by atoms with van der Waals surface area (Å²) < 4.78 is 33.9. The number of hydrogen-bond acceptors (Lipinski definition) is 6. The van der Waals surface area contributed by atoms with Gasteiger partial charge >= 0.3 is 0 Å². The summed E-state index contributed by atoms with van der Waals surface area (Å²) >= 11 is 0. The van der Waals surface area contributed by atoms with E-state index in [1.54, 1.807) is 7.11 Å². The second-order valence-corrected chi connectivity index (χ2v) is 9.17. The Hall–Kier alpha value is -0.170. The van der Waals surface area contributed by atoms with Crippen molar-refractivity contribution in [3.63, 3.8) is 0 Å².